The van der Waals surface area contributed by atoms with Crippen molar-refractivity contribution >= 4 is 5.97 Å². The fraction of sp³-hybridized carbons (Fsp3) is 0.786. The number of aliphatic hydroxyl groups is 1. The van der Waals surface area contributed by atoms with E-state index < -0.39 is 0 Å². The van der Waals surface area contributed by atoms with Crippen LogP contribution in [0, 0.1) is 61.8 Å². The number of carbonyl (C=O) groups excluding carboxylic acids is 1. The van der Waals surface area contributed by atoms with E-state index in [0.29, 0.717) is 12.5 Å². The molecule has 1 fully saturated rings. The monoisotopic (exact) mass is 465 g/mol. The van der Waals surface area contributed by atoms with Crippen LogP contribution < -0.4 is 0 Å². The summed E-state index contributed by atoms with van der Waals surface area (Å²) in [6, 6.07) is 0. The molecule has 1 radical (unpaired) electrons. The molecular weight excluding hydrogens is 443 g/mol. The molecule has 0 saturated heterocycles. The summed E-state index contributed by atoms with van der Waals surface area (Å²) in [7, 11) is 0. The number of hydrogen-bond acceptors (Lipinski definition) is 3. The van der Waals surface area contributed by atoms with Crippen LogP contribution in [-0.4, -0.2) is 23.8 Å². The molecule has 0 amide bonds. The van der Waals surface area contributed by atoms with E-state index in [1.165, 1.54) is 0 Å². The SMILES string of the molecule is CCOC(=O)C1CCC=C2C(O)C(C)CCC21.[Ac]. The minimum atomic E-state index is -0.356. The van der Waals surface area contributed by atoms with Gasteiger partial charge in [0.1, 0.15) is 0 Å². The fourth-order valence-electron chi connectivity index (χ4n) is 3.18. The van der Waals surface area contributed by atoms with Crippen LogP contribution in [0.3, 0.4) is 0 Å². The summed E-state index contributed by atoms with van der Waals surface area (Å²) in [6.45, 7) is 4.37. The molecular formula is C14H22AcO3. The van der Waals surface area contributed by atoms with Gasteiger partial charge >= 0.3 is 5.97 Å². The number of hydrogen-bond donors (Lipinski definition) is 1. The normalized spacial score (nSPS) is 34.9. The molecule has 99 valence electrons. The topological polar surface area (TPSA) is 46.5 Å². The number of esters is 1. The van der Waals surface area contributed by atoms with Crippen LogP contribution in [0.5, 0.6) is 0 Å². The van der Waals surface area contributed by atoms with Gasteiger partial charge in [-0.05, 0) is 50.0 Å². The van der Waals surface area contributed by atoms with Gasteiger partial charge in [0, 0.05) is 44.1 Å². The molecule has 1 saturated carbocycles. The Morgan fingerprint density at radius 2 is 2.17 bits per heavy atom. The summed E-state index contributed by atoms with van der Waals surface area (Å²) >= 11 is 0. The average molecular weight is 465 g/mol. The van der Waals surface area contributed by atoms with Gasteiger partial charge in [0.15, 0.2) is 0 Å². The molecule has 4 heteroatoms. The summed E-state index contributed by atoms with van der Waals surface area (Å²) in [5.74, 6) is 0.425. The Balaban J connectivity index is 0.00000162. The van der Waals surface area contributed by atoms with Crippen LogP contribution in [0.2, 0.25) is 0 Å². The minimum Gasteiger partial charge on any atom is -0.466 e. The standard InChI is InChI=1S/C14H22O3.Ac/c1-3-17-14(16)12-6-4-5-11-10(12)8-7-9(2)13(11)15;/h5,9-10,12-13,15H,3-4,6-8H2,1-2H3;. The molecule has 18 heavy (non-hydrogen) atoms. The molecule has 0 aliphatic heterocycles. The molecule has 4 unspecified atom stereocenters. The molecule has 2 aliphatic rings. The zero-order valence-corrected chi connectivity index (χ0v) is 16.0. The summed E-state index contributed by atoms with van der Waals surface area (Å²) in [4.78, 5) is 11.9. The predicted octanol–water partition coefficient (Wildman–Crippen LogP) is 2.29. The van der Waals surface area contributed by atoms with E-state index in [0.717, 1.165) is 31.3 Å². The van der Waals surface area contributed by atoms with Crippen LogP contribution >= 0.6 is 0 Å². The van der Waals surface area contributed by atoms with Gasteiger partial charge in [0.25, 0.3) is 0 Å². The summed E-state index contributed by atoms with van der Waals surface area (Å²) in [6.07, 6.45) is 5.55. The molecule has 0 bridgehead atoms. The fourth-order valence-corrected chi connectivity index (χ4v) is 3.18. The zero-order chi connectivity index (χ0) is 12.4. The van der Waals surface area contributed by atoms with Crippen molar-refractivity contribution in [1.29, 1.82) is 0 Å². The van der Waals surface area contributed by atoms with Crippen molar-refractivity contribution in [2.75, 3.05) is 6.61 Å². The smallest absolute Gasteiger partial charge is 0.309 e. The molecule has 0 spiro atoms. The van der Waals surface area contributed by atoms with Crippen LogP contribution in [0.25, 0.3) is 0 Å². The Morgan fingerprint density at radius 3 is 2.83 bits per heavy atom. The van der Waals surface area contributed by atoms with E-state index in [2.05, 4.69) is 13.0 Å². The molecule has 0 aromatic carbocycles. The van der Waals surface area contributed by atoms with E-state index >= 15 is 0 Å². The van der Waals surface area contributed by atoms with E-state index in [-0.39, 0.29) is 68.0 Å². The van der Waals surface area contributed by atoms with Crippen LogP contribution in [0.15, 0.2) is 11.6 Å². The molecule has 2 aliphatic carbocycles. The largest absolute Gasteiger partial charge is 0.466 e. The van der Waals surface area contributed by atoms with Crippen molar-refractivity contribution in [2.45, 2.75) is 45.6 Å². The number of aliphatic hydroxyl groups excluding tert-OH is 1. The third-order valence-electron chi connectivity index (χ3n) is 4.17. The van der Waals surface area contributed by atoms with Gasteiger partial charge in [-0.15, -0.1) is 0 Å². The average Bonchev–Trinajstić information content (AvgIpc) is 2.33. The van der Waals surface area contributed by atoms with Gasteiger partial charge in [-0.2, -0.15) is 0 Å². The number of ether oxygens (including phenoxy) is 1. The summed E-state index contributed by atoms with van der Waals surface area (Å²) in [5, 5.41) is 10.2. The van der Waals surface area contributed by atoms with Crippen molar-refractivity contribution in [2.24, 2.45) is 17.8 Å². The Kier molecular flexibility index (Phi) is 6.86. The Hall–Kier alpha value is 0.612. The van der Waals surface area contributed by atoms with Crippen molar-refractivity contribution < 1.29 is 58.7 Å². The van der Waals surface area contributed by atoms with Crippen LogP contribution in [0.1, 0.15) is 39.5 Å². The van der Waals surface area contributed by atoms with E-state index in [4.69, 9.17) is 4.74 Å². The minimum absolute atomic E-state index is 0. The van der Waals surface area contributed by atoms with Gasteiger partial charge in [0.2, 0.25) is 0 Å². The van der Waals surface area contributed by atoms with Gasteiger partial charge in [0.05, 0.1) is 18.6 Å². The molecule has 0 aromatic heterocycles. The predicted molar refractivity (Wildman–Crippen MR) is 65.3 cm³/mol. The van der Waals surface area contributed by atoms with Gasteiger partial charge in [-0.25, -0.2) is 0 Å². The number of rotatable bonds is 2. The number of allylic oxidation sites excluding steroid dienone is 1. The van der Waals surface area contributed by atoms with Gasteiger partial charge in [-0.1, -0.05) is 13.0 Å². The quantitative estimate of drug-likeness (QED) is 0.503. The second-order valence-corrected chi connectivity index (χ2v) is 5.25. The van der Waals surface area contributed by atoms with Crippen molar-refractivity contribution in [3.63, 3.8) is 0 Å². The maximum Gasteiger partial charge on any atom is 0.309 e. The van der Waals surface area contributed by atoms with Gasteiger partial charge < -0.3 is 9.84 Å². The van der Waals surface area contributed by atoms with Crippen LogP contribution in [0.4, 0.5) is 0 Å². The maximum absolute atomic E-state index is 11.9. The van der Waals surface area contributed by atoms with Crippen molar-refractivity contribution in [1.82, 2.24) is 0 Å². The molecule has 2 rings (SSSR count). The van der Waals surface area contributed by atoms with Crippen molar-refractivity contribution in [3.05, 3.63) is 11.6 Å². The molecule has 4 atom stereocenters. The first-order chi connectivity index (χ1) is 8.15. The molecule has 3 nitrogen and oxygen atoms in total. The second-order valence-electron chi connectivity index (χ2n) is 5.25. The van der Waals surface area contributed by atoms with Crippen molar-refractivity contribution in [3.8, 4) is 0 Å². The Morgan fingerprint density at radius 1 is 1.44 bits per heavy atom. The third kappa shape index (κ3) is 3.38. The number of fused-ring (bicyclic) bond motifs is 1. The first-order valence-corrected chi connectivity index (χ1v) is 6.69. The summed E-state index contributed by atoms with van der Waals surface area (Å²) in [5.41, 5.74) is 1.09. The van der Waals surface area contributed by atoms with E-state index in [1.807, 2.05) is 6.92 Å². The van der Waals surface area contributed by atoms with E-state index in [1.54, 1.807) is 0 Å². The summed E-state index contributed by atoms with van der Waals surface area (Å²) < 4.78 is 5.14. The Labute approximate surface area is 145 Å². The Bertz CT molecular complexity index is 327. The zero-order valence-electron chi connectivity index (χ0n) is 11.3. The van der Waals surface area contributed by atoms with Crippen LogP contribution in [-0.2, 0) is 9.53 Å². The third-order valence-corrected chi connectivity index (χ3v) is 4.17. The first kappa shape index (κ1) is 16.7. The first-order valence-electron chi connectivity index (χ1n) is 6.69. The van der Waals surface area contributed by atoms with Gasteiger partial charge in [-0.3, -0.25) is 4.79 Å². The molecule has 1 N–H and O–H groups in total. The number of carbonyl (C=O) groups is 1. The molecule has 0 heterocycles. The maximum atomic E-state index is 11.9. The second kappa shape index (κ2) is 7.41. The van der Waals surface area contributed by atoms with E-state index in [9.17, 15) is 9.90 Å². The molecule has 0 aromatic rings.